The molecule has 0 unspecified atom stereocenters. The summed E-state index contributed by atoms with van der Waals surface area (Å²) in [6.07, 6.45) is 0.741. The first-order valence-electron chi connectivity index (χ1n) is 8.30. The molecule has 1 N–H and O–H groups in total. The average Bonchev–Trinajstić information content (AvgIpc) is 2.72. The van der Waals surface area contributed by atoms with E-state index in [0.717, 1.165) is 26.1 Å². The molecule has 5 heteroatoms. The lowest BCUT2D eigenvalue weighted by Gasteiger charge is -2.33. The molecule has 2 saturated heterocycles. The topological polar surface area (TPSA) is 50.8 Å². The van der Waals surface area contributed by atoms with Crippen molar-refractivity contribution >= 4 is 6.09 Å². The first kappa shape index (κ1) is 16.3. The minimum Gasteiger partial charge on any atom is -0.444 e. The van der Waals surface area contributed by atoms with E-state index in [0.29, 0.717) is 0 Å². The van der Waals surface area contributed by atoms with Crippen LogP contribution in [0.1, 0.15) is 32.8 Å². The number of nitrogens with one attached hydrogen (secondary N) is 1. The van der Waals surface area contributed by atoms with E-state index in [4.69, 9.17) is 9.47 Å². The van der Waals surface area contributed by atoms with Crippen LogP contribution in [-0.2, 0) is 16.0 Å². The SMILES string of the molecule is CC(C)(C)OC(=O)N[C@@H]1C[C@H]2CN(Cc3ccccc3)C[C@@H]1O2. The van der Waals surface area contributed by atoms with E-state index in [-0.39, 0.29) is 24.3 Å². The molecule has 2 aliphatic heterocycles. The molecule has 1 amide bonds. The molecule has 3 rings (SSSR count). The van der Waals surface area contributed by atoms with Crippen LogP contribution in [0.3, 0.4) is 0 Å². The fraction of sp³-hybridized carbons (Fsp3) is 0.611. The second kappa shape index (κ2) is 6.49. The van der Waals surface area contributed by atoms with Crippen molar-refractivity contribution < 1.29 is 14.3 Å². The number of carbonyl (C=O) groups is 1. The zero-order chi connectivity index (χ0) is 16.4. The summed E-state index contributed by atoms with van der Waals surface area (Å²) in [5.41, 5.74) is 0.836. The van der Waals surface area contributed by atoms with E-state index in [1.807, 2.05) is 26.8 Å². The minimum atomic E-state index is -0.474. The number of hydrogen-bond acceptors (Lipinski definition) is 4. The van der Waals surface area contributed by atoms with Crippen molar-refractivity contribution in [2.75, 3.05) is 13.1 Å². The standard InChI is InChI=1S/C18H26N2O3/c1-18(2,3)23-17(21)19-15-9-14-11-20(12-16(15)22-14)10-13-7-5-4-6-8-13/h4-8,14-16H,9-12H2,1-3H3,(H,19,21)/t14-,15+,16-/m0/s1. The van der Waals surface area contributed by atoms with Crippen molar-refractivity contribution in [2.45, 2.75) is 57.6 Å². The second-order valence-electron chi connectivity index (χ2n) is 7.46. The highest BCUT2D eigenvalue weighted by atomic mass is 16.6. The summed E-state index contributed by atoms with van der Waals surface area (Å²) in [5, 5.41) is 2.98. The van der Waals surface area contributed by atoms with E-state index in [9.17, 15) is 4.79 Å². The number of hydrogen-bond donors (Lipinski definition) is 1. The van der Waals surface area contributed by atoms with Crippen molar-refractivity contribution in [3.05, 3.63) is 35.9 Å². The Bertz CT molecular complexity index is 541. The summed E-state index contributed by atoms with van der Waals surface area (Å²) in [6.45, 7) is 8.30. The van der Waals surface area contributed by atoms with Crippen LogP contribution in [0.4, 0.5) is 4.79 Å². The molecular weight excluding hydrogens is 292 g/mol. The third kappa shape index (κ3) is 4.45. The maximum absolute atomic E-state index is 12.0. The lowest BCUT2D eigenvalue weighted by atomic mass is 10.1. The zero-order valence-corrected chi connectivity index (χ0v) is 14.1. The molecule has 0 saturated carbocycles. The Morgan fingerprint density at radius 3 is 2.74 bits per heavy atom. The van der Waals surface area contributed by atoms with Crippen LogP contribution in [0, 0.1) is 0 Å². The van der Waals surface area contributed by atoms with Gasteiger partial charge in [-0.05, 0) is 32.8 Å². The maximum atomic E-state index is 12.0. The summed E-state index contributed by atoms with van der Waals surface area (Å²) in [7, 11) is 0. The molecule has 2 heterocycles. The molecule has 0 radical (unpaired) electrons. The van der Waals surface area contributed by atoms with Crippen LogP contribution >= 0.6 is 0 Å². The van der Waals surface area contributed by atoms with Gasteiger partial charge in [-0.3, -0.25) is 4.90 Å². The monoisotopic (exact) mass is 318 g/mol. The predicted molar refractivity (Wildman–Crippen MR) is 88.2 cm³/mol. The van der Waals surface area contributed by atoms with Crippen LogP contribution in [0.2, 0.25) is 0 Å². The molecule has 2 fully saturated rings. The van der Waals surface area contributed by atoms with Crippen molar-refractivity contribution in [3.8, 4) is 0 Å². The summed E-state index contributed by atoms with van der Waals surface area (Å²) in [5.74, 6) is 0. The molecule has 0 spiro atoms. The van der Waals surface area contributed by atoms with E-state index < -0.39 is 5.60 Å². The van der Waals surface area contributed by atoms with Gasteiger partial charge in [0.15, 0.2) is 0 Å². The highest BCUT2D eigenvalue weighted by Crippen LogP contribution is 2.28. The summed E-state index contributed by atoms with van der Waals surface area (Å²) in [4.78, 5) is 14.4. The third-order valence-corrected chi connectivity index (χ3v) is 4.18. The molecule has 23 heavy (non-hydrogen) atoms. The van der Waals surface area contributed by atoms with Gasteiger partial charge in [-0.2, -0.15) is 0 Å². The van der Waals surface area contributed by atoms with Gasteiger partial charge in [0, 0.05) is 19.6 Å². The minimum absolute atomic E-state index is 0.0376. The third-order valence-electron chi connectivity index (χ3n) is 4.18. The number of nitrogens with zero attached hydrogens (tertiary/aromatic N) is 1. The predicted octanol–water partition coefficient (Wildman–Crippen LogP) is 2.55. The smallest absolute Gasteiger partial charge is 0.407 e. The van der Waals surface area contributed by atoms with E-state index >= 15 is 0 Å². The van der Waals surface area contributed by atoms with Crippen LogP contribution in [0.25, 0.3) is 0 Å². The second-order valence-corrected chi connectivity index (χ2v) is 7.46. The molecule has 2 bridgehead atoms. The van der Waals surface area contributed by atoms with Gasteiger partial charge in [-0.1, -0.05) is 30.3 Å². The lowest BCUT2D eigenvalue weighted by Crippen LogP contribution is -2.48. The van der Waals surface area contributed by atoms with Crippen molar-refractivity contribution in [1.82, 2.24) is 10.2 Å². The Balaban J connectivity index is 1.54. The summed E-state index contributed by atoms with van der Waals surface area (Å²) >= 11 is 0. The van der Waals surface area contributed by atoms with Crippen LogP contribution < -0.4 is 5.32 Å². The number of amides is 1. The van der Waals surface area contributed by atoms with E-state index in [2.05, 4.69) is 34.5 Å². The number of rotatable bonds is 3. The number of morpholine rings is 1. The van der Waals surface area contributed by atoms with E-state index in [1.54, 1.807) is 0 Å². The van der Waals surface area contributed by atoms with E-state index in [1.165, 1.54) is 5.56 Å². The Morgan fingerprint density at radius 1 is 1.30 bits per heavy atom. The van der Waals surface area contributed by atoms with Crippen LogP contribution in [0.5, 0.6) is 0 Å². The van der Waals surface area contributed by atoms with Gasteiger partial charge in [0.2, 0.25) is 0 Å². The summed E-state index contributed by atoms with van der Waals surface area (Å²) < 4.78 is 11.3. The Labute approximate surface area is 137 Å². The largest absolute Gasteiger partial charge is 0.444 e. The number of likely N-dealkylation sites (tertiary alicyclic amines) is 1. The van der Waals surface area contributed by atoms with Crippen LogP contribution in [0.15, 0.2) is 30.3 Å². The van der Waals surface area contributed by atoms with Gasteiger partial charge in [0.05, 0.1) is 18.2 Å². The first-order chi connectivity index (χ1) is 10.9. The quantitative estimate of drug-likeness (QED) is 0.930. The molecule has 2 aliphatic rings. The molecule has 5 nitrogen and oxygen atoms in total. The molecule has 0 aliphatic carbocycles. The fourth-order valence-electron chi connectivity index (χ4n) is 3.32. The molecule has 1 aromatic carbocycles. The number of benzene rings is 1. The van der Waals surface area contributed by atoms with Crippen molar-refractivity contribution in [1.29, 1.82) is 0 Å². The molecule has 126 valence electrons. The first-order valence-corrected chi connectivity index (χ1v) is 8.30. The van der Waals surface area contributed by atoms with Crippen LogP contribution in [-0.4, -0.2) is 47.9 Å². The van der Waals surface area contributed by atoms with Gasteiger partial charge in [0.25, 0.3) is 0 Å². The van der Waals surface area contributed by atoms with Gasteiger partial charge in [-0.25, -0.2) is 4.79 Å². The van der Waals surface area contributed by atoms with Gasteiger partial charge in [-0.15, -0.1) is 0 Å². The average molecular weight is 318 g/mol. The van der Waals surface area contributed by atoms with Crippen molar-refractivity contribution in [2.24, 2.45) is 0 Å². The van der Waals surface area contributed by atoms with Gasteiger partial charge >= 0.3 is 6.09 Å². The lowest BCUT2D eigenvalue weighted by molar-refractivity contribution is -0.0459. The summed E-state index contributed by atoms with van der Waals surface area (Å²) in [6, 6.07) is 10.5. The number of alkyl carbamates (subject to hydrolysis) is 1. The Hall–Kier alpha value is -1.59. The number of ether oxygens (including phenoxy) is 2. The fourth-order valence-corrected chi connectivity index (χ4v) is 3.32. The Kier molecular flexibility index (Phi) is 4.60. The molecule has 1 aromatic rings. The Morgan fingerprint density at radius 2 is 2.04 bits per heavy atom. The highest BCUT2D eigenvalue weighted by molar-refractivity contribution is 5.68. The van der Waals surface area contributed by atoms with Gasteiger partial charge < -0.3 is 14.8 Å². The number of carbonyl (C=O) groups excluding carboxylic acids is 1. The number of fused-ring (bicyclic) bond motifs is 2. The zero-order valence-electron chi connectivity index (χ0n) is 14.1. The van der Waals surface area contributed by atoms with Gasteiger partial charge in [0.1, 0.15) is 5.60 Å². The molecule has 0 aromatic heterocycles. The van der Waals surface area contributed by atoms with Crippen molar-refractivity contribution in [3.63, 3.8) is 0 Å². The maximum Gasteiger partial charge on any atom is 0.407 e. The molecular formula is C18H26N2O3. The molecule has 3 atom stereocenters. The normalized spacial score (nSPS) is 27.7. The highest BCUT2D eigenvalue weighted by Gasteiger charge is 2.42.